The third-order valence-electron chi connectivity index (χ3n) is 7.61. The molecular formula is C35H26N2O8S. The minimum atomic E-state index is -4.61. The molecule has 0 unspecified atom stereocenters. The van der Waals surface area contributed by atoms with E-state index in [4.69, 9.17) is 4.42 Å². The van der Waals surface area contributed by atoms with Crippen LogP contribution in [0.15, 0.2) is 111 Å². The number of rotatable bonds is 7. The molecule has 6 rings (SSSR count). The Labute approximate surface area is 263 Å². The Morgan fingerprint density at radius 3 is 2.17 bits per heavy atom. The molecule has 46 heavy (non-hydrogen) atoms. The number of hydrogen-bond donors (Lipinski definition) is 4. The first-order valence-electron chi connectivity index (χ1n) is 14.0. The van der Waals surface area contributed by atoms with Crippen molar-refractivity contribution in [3.05, 3.63) is 125 Å². The lowest BCUT2D eigenvalue weighted by atomic mass is 9.93. The second kappa shape index (κ2) is 11.6. The molecule has 1 heterocycles. The highest BCUT2D eigenvalue weighted by atomic mass is 32.2. The van der Waals surface area contributed by atoms with Crippen LogP contribution in [0, 0.1) is 13.8 Å². The molecule has 4 aromatic rings. The molecule has 2 aliphatic rings. The Bertz CT molecular complexity index is 2360. The van der Waals surface area contributed by atoms with Crippen LogP contribution < -0.4 is 10.7 Å². The number of aromatic carboxylic acids is 2. The largest absolute Gasteiger partial charge is 0.478 e. The van der Waals surface area contributed by atoms with E-state index in [-0.39, 0.29) is 21.6 Å². The maximum Gasteiger partial charge on any atom is 0.335 e. The number of carbonyl (C=O) groups is 2. The first kappa shape index (κ1) is 30.3. The van der Waals surface area contributed by atoms with Crippen molar-refractivity contribution in [2.45, 2.75) is 18.7 Å². The molecule has 4 N–H and O–H groups in total. The molecule has 0 saturated carbocycles. The number of anilines is 2. The van der Waals surface area contributed by atoms with Crippen molar-refractivity contribution < 1.29 is 37.2 Å². The van der Waals surface area contributed by atoms with Gasteiger partial charge in [-0.25, -0.2) is 14.6 Å². The SMILES string of the molecule is Cc1ccc(C(=O)O)cc1/N=c1\ccc2c(-c3ccccc3S(=O)(=O)O)c3ccc(Nc4cc(C(=O)O)ccc4C)cc3oc-2c1. The van der Waals surface area contributed by atoms with E-state index < -0.39 is 22.1 Å². The summed E-state index contributed by atoms with van der Waals surface area (Å²) in [6.45, 7) is 3.66. The summed E-state index contributed by atoms with van der Waals surface area (Å²) in [6.07, 6.45) is 0. The molecule has 0 spiro atoms. The Hall–Kier alpha value is -5.78. The predicted molar refractivity (Wildman–Crippen MR) is 173 cm³/mol. The fraction of sp³-hybridized carbons (Fsp3) is 0.0571. The van der Waals surface area contributed by atoms with Gasteiger partial charge in [-0.2, -0.15) is 8.42 Å². The van der Waals surface area contributed by atoms with E-state index in [0.29, 0.717) is 50.3 Å². The molecule has 0 saturated heterocycles. The first-order valence-corrected chi connectivity index (χ1v) is 15.4. The van der Waals surface area contributed by atoms with Crippen LogP contribution in [0.1, 0.15) is 31.8 Å². The van der Waals surface area contributed by atoms with Gasteiger partial charge in [0.05, 0.1) is 22.2 Å². The van der Waals surface area contributed by atoms with E-state index in [2.05, 4.69) is 10.3 Å². The molecule has 0 aromatic heterocycles. The van der Waals surface area contributed by atoms with Gasteiger partial charge in [0.2, 0.25) is 0 Å². The topological polar surface area (TPSA) is 166 Å². The molecule has 4 aromatic carbocycles. The van der Waals surface area contributed by atoms with E-state index in [9.17, 15) is 32.8 Å². The van der Waals surface area contributed by atoms with Crippen molar-refractivity contribution in [1.29, 1.82) is 0 Å². The number of fused-ring (bicyclic) bond motifs is 2. The van der Waals surface area contributed by atoms with Gasteiger partial charge in [-0.15, -0.1) is 0 Å². The Kier molecular flexibility index (Phi) is 7.64. The van der Waals surface area contributed by atoms with Gasteiger partial charge in [-0.3, -0.25) is 4.55 Å². The van der Waals surface area contributed by atoms with Crippen LogP contribution in [0.4, 0.5) is 17.1 Å². The number of aryl methyl sites for hydroxylation is 2. The second-order valence-corrected chi connectivity index (χ2v) is 12.1. The summed E-state index contributed by atoms with van der Waals surface area (Å²) < 4.78 is 41.4. The lowest BCUT2D eigenvalue weighted by molar-refractivity contribution is 0.0686. The summed E-state index contributed by atoms with van der Waals surface area (Å²) in [4.78, 5) is 27.5. The third-order valence-corrected chi connectivity index (χ3v) is 8.52. The molecule has 11 heteroatoms. The molecule has 1 aliphatic carbocycles. The molecule has 1 aliphatic heterocycles. The average molecular weight is 635 g/mol. The summed E-state index contributed by atoms with van der Waals surface area (Å²) in [5.41, 5.74) is 5.08. The summed E-state index contributed by atoms with van der Waals surface area (Å²) in [5, 5.41) is 23.2. The number of carboxylic acids is 2. The molecule has 0 atom stereocenters. The van der Waals surface area contributed by atoms with Gasteiger partial charge in [-0.1, -0.05) is 30.3 Å². The zero-order chi connectivity index (χ0) is 32.7. The normalized spacial score (nSPS) is 12.0. The van der Waals surface area contributed by atoms with Gasteiger partial charge in [-0.05, 0) is 79.6 Å². The van der Waals surface area contributed by atoms with E-state index in [0.717, 1.165) is 11.1 Å². The van der Waals surface area contributed by atoms with Crippen LogP contribution in [-0.4, -0.2) is 35.1 Å². The minimum absolute atomic E-state index is 0.0917. The maximum atomic E-state index is 12.5. The monoisotopic (exact) mass is 634 g/mol. The number of carboxylic acid groups (broad SMARTS) is 2. The highest BCUT2D eigenvalue weighted by Gasteiger charge is 2.23. The molecular weight excluding hydrogens is 608 g/mol. The van der Waals surface area contributed by atoms with Crippen LogP contribution in [0.2, 0.25) is 0 Å². The van der Waals surface area contributed by atoms with E-state index in [1.807, 2.05) is 13.8 Å². The van der Waals surface area contributed by atoms with Crippen molar-refractivity contribution in [3.63, 3.8) is 0 Å². The fourth-order valence-corrected chi connectivity index (χ4v) is 5.96. The number of benzene rings is 5. The summed E-state index contributed by atoms with van der Waals surface area (Å²) in [6, 6.07) is 25.9. The molecule has 0 radical (unpaired) electrons. The fourth-order valence-electron chi connectivity index (χ4n) is 5.26. The van der Waals surface area contributed by atoms with Gasteiger partial charge in [0.1, 0.15) is 16.2 Å². The van der Waals surface area contributed by atoms with Gasteiger partial charge < -0.3 is 19.9 Å². The standard InChI is InChI=1S/C35H26N2O8S/c1-19-7-9-21(34(38)39)15-28(19)36-23-11-13-25-30(17-23)45-31-18-24(37-29-16-22(35(40)41)10-8-20(29)2)12-14-26(31)33(25)27-5-3-4-6-32(27)46(42,43)44/h3-18,36H,1-2H3,(H,38,39)(H,40,41)(H,42,43,44)/b37-24+. The highest BCUT2D eigenvalue weighted by Crippen LogP contribution is 2.43. The summed E-state index contributed by atoms with van der Waals surface area (Å²) in [5.74, 6) is -1.79. The molecule has 230 valence electrons. The summed E-state index contributed by atoms with van der Waals surface area (Å²) >= 11 is 0. The first-order chi connectivity index (χ1) is 21.9. The maximum absolute atomic E-state index is 12.5. The minimum Gasteiger partial charge on any atom is -0.478 e. The van der Waals surface area contributed by atoms with Crippen molar-refractivity contribution in [2.24, 2.45) is 4.99 Å². The van der Waals surface area contributed by atoms with Crippen LogP contribution in [0.3, 0.4) is 0 Å². The van der Waals surface area contributed by atoms with Gasteiger partial charge in [0, 0.05) is 45.6 Å². The van der Waals surface area contributed by atoms with Gasteiger partial charge in [0.25, 0.3) is 10.1 Å². The Morgan fingerprint density at radius 1 is 0.761 bits per heavy atom. The zero-order valence-corrected chi connectivity index (χ0v) is 25.3. The van der Waals surface area contributed by atoms with Gasteiger partial charge >= 0.3 is 11.9 Å². The average Bonchev–Trinajstić information content (AvgIpc) is 3.01. The van der Waals surface area contributed by atoms with E-state index in [1.54, 1.807) is 60.7 Å². The zero-order valence-electron chi connectivity index (χ0n) is 24.5. The lowest BCUT2D eigenvalue weighted by Gasteiger charge is -2.18. The van der Waals surface area contributed by atoms with Crippen molar-refractivity contribution in [2.75, 3.05) is 5.32 Å². The van der Waals surface area contributed by atoms with Gasteiger partial charge in [0.15, 0.2) is 0 Å². The van der Waals surface area contributed by atoms with Crippen molar-refractivity contribution in [3.8, 4) is 22.5 Å². The second-order valence-electron chi connectivity index (χ2n) is 10.7. The molecule has 10 nitrogen and oxygen atoms in total. The molecule has 0 bridgehead atoms. The Morgan fingerprint density at radius 2 is 1.46 bits per heavy atom. The Balaban J connectivity index is 1.60. The van der Waals surface area contributed by atoms with Crippen LogP contribution >= 0.6 is 0 Å². The number of nitrogens with zero attached hydrogens (tertiary/aromatic N) is 1. The lowest BCUT2D eigenvalue weighted by Crippen LogP contribution is -2.05. The van der Waals surface area contributed by atoms with Crippen molar-refractivity contribution in [1.82, 2.24) is 0 Å². The van der Waals surface area contributed by atoms with Crippen LogP contribution in [-0.2, 0) is 10.1 Å². The predicted octanol–water partition coefficient (Wildman–Crippen LogP) is 7.44. The summed E-state index contributed by atoms with van der Waals surface area (Å²) in [7, 11) is -4.61. The number of nitrogens with one attached hydrogen (secondary N) is 1. The van der Waals surface area contributed by atoms with E-state index >= 15 is 0 Å². The van der Waals surface area contributed by atoms with E-state index in [1.165, 1.54) is 36.4 Å². The molecule has 0 fully saturated rings. The van der Waals surface area contributed by atoms with Crippen molar-refractivity contribution >= 4 is 50.1 Å². The quantitative estimate of drug-likeness (QED) is 0.103. The highest BCUT2D eigenvalue weighted by molar-refractivity contribution is 7.86. The number of hydrogen-bond acceptors (Lipinski definition) is 7. The molecule has 0 amide bonds. The smallest absolute Gasteiger partial charge is 0.335 e. The third kappa shape index (κ3) is 5.84. The van der Waals surface area contributed by atoms with Crippen LogP contribution in [0.25, 0.3) is 33.4 Å². The van der Waals surface area contributed by atoms with Crippen LogP contribution in [0.5, 0.6) is 0 Å².